The number of carbonyl (C=O) groups excluding carboxylic acids is 3. The van der Waals surface area contributed by atoms with E-state index in [1.54, 1.807) is 13.8 Å². The van der Waals surface area contributed by atoms with Crippen molar-refractivity contribution in [1.82, 2.24) is 4.90 Å². The van der Waals surface area contributed by atoms with Gasteiger partial charge in [-0.25, -0.2) is 0 Å². The third-order valence-corrected chi connectivity index (χ3v) is 3.51. The number of hydrogen-bond acceptors (Lipinski definition) is 7. The molecule has 0 aromatic heterocycles. The first-order chi connectivity index (χ1) is 10.3. The number of nitrogens with zero attached hydrogens (tertiary/aromatic N) is 1. The molecule has 4 atom stereocenters. The fourth-order valence-electron chi connectivity index (χ4n) is 2.20. The number of ketones is 1. The predicted octanol–water partition coefficient (Wildman–Crippen LogP) is -1.05. The van der Waals surface area contributed by atoms with E-state index < -0.39 is 36.4 Å². The van der Waals surface area contributed by atoms with Gasteiger partial charge >= 0.3 is 5.97 Å². The molecule has 1 amide bonds. The number of aliphatic hydroxyl groups is 2. The molecule has 8 heteroatoms. The van der Waals surface area contributed by atoms with E-state index in [-0.39, 0.29) is 24.7 Å². The van der Waals surface area contributed by atoms with Crippen molar-refractivity contribution >= 4 is 17.7 Å². The van der Waals surface area contributed by atoms with Crippen molar-refractivity contribution in [3.05, 3.63) is 12.3 Å². The van der Waals surface area contributed by atoms with Crippen LogP contribution in [0.1, 0.15) is 20.3 Å². The highest BCUT2D eigenvalue weighted by atomic mass is 16.6. The molecule has 122 valence electrons. The molecule has 0 unspecified atom stereocenters. The minimum Gasteiger partial charge on any atom is -0.463 e. The Kier molecular flexibility index (Phi) is 4.94. The summed E-state index contributed by atoms with van der Waals surface area (Å²) in [5, 5.41) is 20.0. The van der Waals surface area contributed by atoms with Gasteiger partial charge in [-0.3, -0.25) is 19.3 Å². The Hall–Kier alpha value is -1.77. The molecule has 0 aromatic carbocycles. The summed E-state index contributed by atoms with van der Waals surface area (Å²) in [4.78, 5) is 35.4. The average Bonchev–Trinajstić information content (AvgIpc) is 2.73. The number of aliphatic hydroxyl groups excluding tert-OH is 2. The fraction of sp³-hybridized carbons (Fsp3) is 0.643. The minimum atomic E-state index is -1.36. The Bertz CT molecular complexity index is 501. The lowest BCUT2D eigenvalue weighted by molar-refractivity contribution is -0.158. The predicted molar refractivity (Wildman–Crippen MR) is 72.1 cm³/mol. The smallest absolute Gasteiger partial charge is 0.308 e. The molecule has 0 aromatic rings. The summed E-state index contributed by atoms with van der Waals surface area (Å²) in [6.45, 7) is 3.11. The van der Waals surface area contributed by atoms with Crippen molar-refractivity contribution in [2.24, 2.45) is 5.92 Å². The molecule has 2 aliphatic heterocycles. The maximum Gasteiger partial charge on any atom is 0.308 e. The molecule has 8 nitrogen and oxygen atoms in total. The Morgan fingerprint density at radius 3 is 2.68 bits per heavy atom. The van der Waals surface area contributed by atoms with Gasteiger partial charge in [0, 0.05) is 6.20 Å². The number of amides is 1. The standard InChI is InChI=1S/C14H19NO7/c1-7(2)14(20)21-6-9-11(18)12(19)13(22-9)15-4-3-8(16)5-10(15)17/h3-4,7,9,11-13,18-19H,5-6H2,1-2H3/t9-,11-,12-,13-/m1/s1. The van der Waals surface area contributed by atoms with Gasteiger partial charge < -0.3 is 19.7 Å². The summed E-state index contributed by atoms with van der Waals surface area (Å²) >= 11 is 0. The topological polar surface area (TPSA) is 113 Å². The van der Waals surface area contributed by atoms with Crippen LogP contribution in [-0.2, 0) is 23.9 Å². The second-order valence-corrected chi connectivity index (χ2v) is 5.59. The lowest BCUT2D eigenvalue weighted by atomic mass is 10.1. The summed E-state index contributed by atoms with van der Waals surface area (Å²) in [5.41, 5.74) is 0. The lowest BCUT2D eigenvalue weighted by Gasteiger charge is -2.28. The summed E-state index contributed by atoms with van der Waals surface area (Å²) in [7, 11) is 0. The minimum absolute atomic E-state index is 0.226. The molecular weight excluding hydrogens is 294 g/mol. The molecule has 2 aliphatic rings. The highest BCUT2D eigenvalue weighted by Gasteiger charge is 2.47. The molecule has 1 fully saturated rings. The molecule has 1 saturated heterocycles. The largest absolute Gasteiger partial charge is 0.463 e. The lowest BCUT2D eigenvalue weighted by Crippen LogP contribution is -2.46. The first-order valence-electron chi connectivity index (χ1n) is 7.01. The number of rotatable bonds is 4. The van der Waals surface area contributed by atoms with Gasteiger partial charge in [0.05, 0.1) is 12.3 Å². The number of esters is 1. The summed E-state index contributed by atoms with van der Waals surface area (Å²) in [6, 6.07) is 0. The third-order valence-electron chi connectivity index (χ3n) is 3.51. The quantitative estimate of drug-likeness (QED) is 0.503. The summed E-state index contributed by atoms with van der Waals surface area (Å²) in [5.74, 6) is -1.63. The van der Waals surface area contributed by atoms with Gasteiger partial charge in [0.2, 0.25) is 5.91 Å². The van der Waals surface area contributed by atoms with Gasteiger partial charge in [-0.1, -0.05) is 13.8 Å². The van der Waals surface area contributed by atoms with Crippen LogP contribution in [0.4, 0.5) is 0 Å². The van der Waals surface area contributed by atoms with E-state index in [0.29, 0.717) is 0 Å². The molecule has 0 spiro atoms. The molecular formula is C14H19NO7. The van der Waals surface area contributed by atoms with Crippen molar-refractivity contribution in [2.75, 3.05) is 6.61 Å². The first kappa shape index (κ1) is 16.6. The number of allylic oxidation sites excluding steroid dienone is 1. The molecule has 0 aliphatic carbocycles. The van der Waals surface area contributed by atoms with Crippen molar-refractivity contribution in [2.45, 2.75) is 44.8 Å². The molecule has 2 heterocycles. The zero-order chi connectivity index (χ0) is 16.4. The zero-order valence-electron chi connectivity index (χ0n) is 12.3. The van der Waals surface area contributed by atoms with Crippen molar-refractivity contribution in [3.8, 4) is 0 Å². The van der Waals surface area contributed by atoms with Crippen LogP contribution < -0.4 is 0 Å². The summed E-state index contributed by atoms with van der Waals surface area (Å²) < 4.78 is 10.4. The van der Waals surface area contributed by atoms with E-state index in [9.17, 15) is 24.6 Å². The Labute approximate surface area is 127 Å². The van der Waals surface area contributed by atoms with Gasteiger partial charge in [0.1, 0.15) is 24.9 Å². The third kappa shape index (κ3) is 3.34. The van der Waals surface area contributed by atoms with Crippen molar-refractivity contribution in [1.29, 1.82) is 0 Å². The van der Waals surface area contributed by atoms with Crippen molar-refractivity contribution < 1.29 is 34.1 Å². The molecule has 0 bridgehead atoms. The van der Waals surface area contributed by atoms with E-state index in [1.165, 1.54) is 12.3 Å². The molecule has 2 N–H and O–H groups in total. The Morgan fingerprint density at radius 2 is 2.09 bits per heavy atom. The zero-order valence-corrected chi connectivity index (χ0v) is 12.3. The maximum absolute atomic E-state index is 11.8. The maximum atomic E-state index is 11.8. The van der Waals surface area contributed by atoms with Crippen LogP contribution in [0.5, 0.6) is 0 Å². The van der Waals surface area contributed by atoms with Crippen LogP contribution in [-0.4, -0.2) is 63.9 Å². The molecule has 0 radical (unpaired) electrons. The van der Waals surface area contributed by atoms with E-state index in [4.69, 9.17) is 9.47 Å². The van der Waals surface area contributed by atoms with Crippen LogP contribution in [0.2, 0.25) is 0 Å². The second-order valence-electron chi connectivity index (χ2n) is 5.59. The second kappa shape index (κ2) is 6.55. The normalized spacial score (nSPS) is 32.0. The van der Waals surface area contributed by atoms with Gasteiger partial charge in [-0.05, 0) is 6.08 Å². The Balaban J connectivity index is 2.01. The highest BCUT2D eigenvalue weighted by Crippen LogP contribution is 2.26. The van der Waals surface area contributed by atoms with E-state index in [0.717, 1.165) is 4.90 Å². The molecule has 0 saturated carbocycles. The van der Waals surface area contributed by atoms with E-state index in [2.05, 4.69) is 0 Å². The monoisotopic (exact) mass is 313 g/mol. The highest BCUT2D eigenvalue weighted by molar-refractivity contribution is 6.06. The van der Waals surface area contributed by atoms with Crippen LogP contribution in [0.25, 0.3) is 0 Å². The van der Waals surface area contributed by atoms with Crippen LogP contribution in [0.3, 0.4) is 0 Å². The van der Waals surface area contributed by atoms with Crippen molar-refractivity contribution in [3.63, 3.8) is 0 Å². The van der Waals surface area contributed by atoms with E-state index >= 15 is 0 Å². The van der Waals surface area contributed by atoms with Gasteiger partial charge in [-0.2, -0.15) is 0 Å². The summed E-state index contributed by atoms with van der Waals surface area (Å²) in [6.07, 6.45) is -2.61. The van der Waals surface area contributed by atoms with Crippen LogP contribution in [0, 0.1) is 5.92 Å². The average molecular weight is 313 g/mol. The fourth-order valence-corrected chi connectivity index (χ4v) is 2.20. The van der Waals surface area contributed by atoms with Gasteiger partial charge in [-0.15, -0.1) is 0 Å². The molecule has 2 rings (SSSR count). The number of carbonyl (C=O) groups is 3. The van der Waals surface area contributed by atoms with Crippen LogP contribution >= 0.6 is 0 Å². The van der Waals surface area contributed by atoms with Gasteiger partial charge in [0.25, 0.3) is 0 Å². The first-order valence-corrected chi connectivity index (χ1v) is 7.01. The van der Waals surface area contributed by atoms with Crippen LogP contribution in [0.15, 0.2) is 12.3 Å². The van der Waals surface area contributed by atoms with E-state index in [1.807, 2.05) is 0 Å². The van der Waals surface area contributed by atoms with Gasteiger partial charge in [0.15, 0.2) is 12.0 Å². The Morgan fingerprint density at radius 1 is 1.41 bits per heavy atom. The molecule has 22 heavy (non-hydrogen) atoms. The number of hydrogen-bond donors (Lipinski definition) is 2. The number of ether oxygens (including phenoxy) is 2. The SMILES string of the molecule is CC(C)C(=O)OC[C@H]1O[C@@H](N2C=CC(=O)CC2=O)[C@H](O)[C@@H]1O.